The van der Waals surface area contributed by atoms with Crippen molar-refractivity contribution >= 4 is 23.3 Å². The molecule has 1 aliphatic rings. The molecule has 20 heavy (non-hydrogen) atoms. The van der Waals surface area contributed by atoms with Gasteiger partial charge in [-0.25, -0.2) is 4.79 Å². The first kappa shape index (κ1) is 14.8. The predicted molar refractivity (Wildman–Crippen MR) is 77.8 cm³/mol. The highest BCUT2D eigenvalue weighted by Gasteiger charge is 2.27. The molecule has 3 atom stereocenters. The van der Waals surface area contributed by atoms with Crippen LogP contribution in [0.2, 0.25) is 0 Å². The Labute approximate surface area is 122 Å². The highest BCUT2D eigenvalue weighted by atomic mass is 32.1. The molecule has 0 aliphatic heterocycles. The van der Waals surface area contributed by atoms with Crippen molar-refractivity contribution in [2.75, 3.05) is 0 Å². The molecule has 2 amide bonds. The molecule has 1 heterocycles. The van der Waals surface area contributed by atoms with Crippen molar-refractivity contribution in [3.8, 4) is 0 Å². The molecule has 3 N–H and O–H groups in total. The molecule has 3 unspecified atom stereocenters. The van der Waals surface area contributed by atoms with Crippen molar-refractivity contribution < 1.29 is 14.7 Å². The number of rotatable bonds is 4. The zero-order chi connectivity index (χ0) is 14.5. The van der Waals surface area contributed by atoms with Crippen LogP contribution >= 0.6 is 11.3 Å². The van der Waals surface area contributed by atoms with E-state index in [0.29, 0.717) is 12.8 Å². The molecular weight excluding hydrogens is 276 g/mol. The van der Waals surface area contributed by atoms with Gasteiger partial charge in [-0.1, -0.05) is 6.42 Å². The molecule has 1 aliphatic carbocycles. The maximum atomic E-state index is 11.9. The van der Waals surface area contributed by atoms with E-state index in [4.69, 9.17) is 5.11 Å². The molecule has 1 aromatic heterocycles. The van der Waals surface area contributed by atoms with Crippen molar-refractivity contribution in [3.05, 3.63) is 22.4 Å². The van der Waals surface area contributed by atoms with Gasteiger partial charge in [-0.3, -0.25) is 4.79 Å². The van der Waals surface area contributed by atoms with Gasteiger partial charge in [0.05, 0.1) is 12.0 Å². The van der Waals surface area contributed by atoms with Crippen molar-refractivity contribution in [3.63, 3.8) is 0 Å². The van der Waals surface area contributed by atoms with Gasteiger partial charge in [-0.2, -0.15) is 11.3 Å². The van der Waals surface area contributed by atoms with Crippen molar-refractivity contribution in [1.82, 2.24) is 10.6 Å². The number of carboxylic acids is 1. The maximum Gasteiger partial charge on any atom is 0.315 e. The van der Waals surface area contributed by atoms with Gasteiger partial charge >= 0.3 is 12.0 Å². The summed E-state index contributed by atoms with van der Waals surface area (Å²) in [6.07, 6.45) is 2.93. The summed E-state index contributed by atoms with van der Waals surface area (Å²) < 4.78 is 0. The quantitative estimate of drug-likeness (QED) is 0.799. The Morgan fingerprint density at radius 3 is 2.90 bits per heavy atom. The lowest BCUT2D eigenvalue weighted by atomic mass is 9.86. The lowest BCUT2D eigenvalue weighted by Crippen LogP contribution is -2.45. The molecule has 5 nitrogen and oxygen atoms in total. The standard InChI is InChI=1S/C14H20N2O3S/c1-9(11-5-6-20-8-11)15-14(19)16-12-4-2-3-10(7-12)13(17)18/h5-6,8-10,12H,2-4,7H2,1H3,(H,17,18)(H2,15,16,19). The predicted octanol–water partition coefficient (Wildman–Crippen LogP) is 2.75. The molecule has 0 bridgehead atoms. The minimum Gasteiger partial charge on any atom is -0.481 e. The Hall–Kier alpha value is -1.56. The summed E-state index contributed by atoms with van der Waals surface area (Å²) in [5, 5.41) is 18.8. The Morgan fingerprint density at radius 1 is 1.45 bits per heavy atom. The van der Waals surface area contributed by atoms with Gasteiger partial charge in [0.15, 0.2) is 0 Å². The minimum atomic E-state index is -0.761. The van der Waals surface area contributed by atoms with Crippen LogP contribution in [0, 0.1) is 5.92 Å². The molecule has 0 aromatic carbocycles. The van der Waals surface area contributed by atoms with Gasteiger partial charge in [0.25, 0.3) is 0 Å². The fourth-order valence-electron chi connectivity index (χ4n) is 2.57. The number of hydrogen-bond donors (Lipinski definition) is 3. The molecule has 1 fully saturated rings. The SMILES string of the molecule is CC(NC(=O)NC1CCCC(C(=O)O)C1)c1ccsc1. The second kappa shape index (κ2) is 6.74. The first-order valence-electron chi connectivity index (χ1n) is 6.88. The molecule has 0 radical (unpaired) electrons. The number of aliphatic carboxylic acids is 1. The van der Waals surface area contributed by atoms with E-state index in [-0.39, 0.29) is 24.0 Å². The van der Waals surface area contributed by atoms with Gasteiger partial charge in [0.1, 0.15) is 0 Å². The maximum absolute atomic E-state index is 11.9. The van der Waals surface area contributed by atoms with E-state index >= 15 is 0 Å². The second-order valence-electron chi connectivity index (χ2n) is 5.29. The number of nitrogens with one attached hydrogen (secondary N) is 2. The average molecular weight is 296 g/mol. The number of carboxylic acid groups (broad SMARTS) is 1. The van der Waals surface area contributed by atoms with E-state index in [1.807, 2.05) is 23.8 Å². The number of urea groups is 1. The van der Waals surface area contributed by atoms with Crippen LogP contribution in [0.1, 0.15) is 44.2 Å². The third kappa shape index (κ3) is 3.96. The van der Waals surface area contributed by atoms with Crippen LogP contribution in [0.4, 0.5) is 4.79 Å². The third-order valence-electron chi connectivity index (χ3n) is 3.75. The van der Waals surface area contributed by atoms with Gasteiger partial charge < -0.3 is 15.7 Å². The number of hydrogen-bond acceptors (Lipinski definition) is 3. The lowest BCUT2D eigenvalue weighted by Gasteiger charge is -2.28. The summed E-state index contributed by atoms with van der Waals surface area (Å²) in [4.78, 5) is 22.9. The molecule has 110 valence electrons. The highest BCUT2D eigenvalue weighted by molar-refractivity contribution is 7.07. The van der Waals surface area contributed by atoms with E-state index in [1.54, 1.807) is 11.3 Å². The number of amides is 2. The molecule has 2 rings (SSSR count). The van der Waals surface area contributed by atoms with E-state index < -0.39 is 5.97 Å². The Kier molecular flexibility index (Phi) is 5.00. The fourth-order valence-corrected chi connectivity index (χ4v) is 3.33. The molecule has 6 heteroatoms. The van der Waals surface area contributed by atoms with Crippen LogP contribution in [0.25, 0.3) is 0 Å². The Bertz CT molecular complexity index is 461. The van der Waals surface area contributed by atoms with Crippen LogP contribution in [-0.4, -0.2) is 23.1 Å². The zero-order valence-electron chi connectivity index (χ0n) is 11.5. The molecule has 0 spiro atoms. The van der Waals surface area contributed by atoms with Crippen LogP contribution in [0.15, 0.2) is 16.8 Å². The molecular formula is C14H20N2O3S. The van der Waals surface area contributed by atoms with Gasteiger partial charge in [-0.15, -0.1) is 0 Å². The molecule has 0 saturated heterocycles. The van der Waals surface area contributed by atoms with E-state index in [0.717, 1.165) is 18.4 Å². The monoisotopic (exact) mass is 296 g/mol. The van der Waals surface area contributed by atoms with E-state index in [9.17, 15) is 9.59 Å². The zero-order valence-corrected chi connectivity index (χ0v) is 12.3. The largest absolute Gasteiger partial charge is 0.481 e. The third-order valence-corrected chi connectivity index (χ3v) is 4.45. The van der Waals surface area contributed by atoms with E-state index in [2.05, 4.69) is 10.6 Å². The van der Waals surface area contributed by atoms with Crippen LogP contribution in [0.3, 0.4) is 0 Å². The lowest BCUT2D eigenvalue weighted by molar-refractivity contribution is -0.143. The summed E-state index contributed by atoms with van der Waals surface area (Å²) in [6.45, 7) is 1.93. The van der Waals surface area contributed by atoms with Crippen molar-refractivity contribution in [2.45, 2.75) is 44.7 Å². The highest BCUT2D eigenvalue weighted by Crippen LogP contribution is 2.24. The fraction of sp³-hybridized carbons (Fsp3) is 0.571. The second-order valence-corrected chi connectivity index (χ2v) is 6.07. The van der Waals surface area contributed by atoms with Crippen LogP contribution in [-0.2, 0) is 4.79 Å². The van der Waals surface area contributed by atoms with Crippen LogP contribution in [0.5, 0.6) is 0 Å². The summed E-state index contributed by atoms with van der Waals surface area (Å²) in [7, 11) is 0. The first-order chi connectivity index (χ1) is 9.56. The van der Waals surface area contributed by atoms with Crippen LogP contribution < -0.4 is 10.6 Å². The topological polar surface area (TPSA) is 78.4 Å². The Balaban J connectivity index is 1.80. The average Bonchev–Trinajstić information content (AvgIpc) is 2.92. The number of thiophene rings is 1. The molecule has 1 aromatic rings. The summed E-state index contributed by atoms with van der Waals surface area (Å²) in [5.41, 5.74) is 1.08. The summed E-state index contributed by atoms with van der Waals surface area (Å²) in [6, 6.07) is 1.68. The summed E-state index contributed by atoms with van der Waals surface area (Å²) >= 11 is 1.60. The molecule has 1 saturated carbocycles. The van der Waals surface area contributed by atoms with Crippen molar-refractivity contribution in [2.24, 2.45) is 5.92 Å². The number of carbonyl (C=O) groups excluding carboxylic acids is 1. The van der Waals surface area contributed by atoms with Crippen molar-refractivity contribution in [1.29, 1.82) is 0 Å². The van der Waals surface area contributed by atoms with Gasteiger partial charge in [0, 0.05) is 6.04 Å². The normalized spacial score (nSPS) is 23.9. The Morgan fingerprint density at radius 2 is 2.25 bits per heavy atom. The smallest absolute Gasteiger partial charge is 0.315 e. The summed E-state index contributed by atoms with van der Waals surface area (Å²) in [5.74, 6) is -1.09. The van der Waals surface area contributed by atoms with E-state index in [1.165, 1.54) is 0 Å². The van der Waals surface area contributed by atoms with Gasteiger partial charge in [-0.05, 0) is 48.6 Å². The first-order valence-corrected chi connectivity index (χ1v) is 7.82. The van der Waals surface area contributed by atoms with Gasteiger partial charge in [0.2, 0.25) is 0 Å². The minimum absolute atomic E-state index is 0.0416. The number of carbonyl (C=O) groups is 2.